The second-order valence-corrected chi connectivity index (χ2v) is 4.07. The Morgan fingerprint density at radius 3 is 2.65 bits per heavy atom. The molecule has 1 amide bonds. The lowest BCUT2D eigenvalue weighted by Gasteiger charge is -2.06. The molecule has 0 spiro atoms. The Morgan fingerprint density at radius 2 is 1.94 bits per heavy atom. The third-order valence-electron chi connectivity index (χ3n) is 2.05. The van der Waals surface area contributed by atoms with Gasteiger partial charge in [0.1, 0.15) is 4.60 Å². The molecule has 0 aliphatic carbocycles. The summed E-state index contributed by atoms with van der Waals surface area (Å²) in [5, 5.41) is 2.68. The van der Waals surface area contributed by atoms with Crippen molar-refractivity contribution in [1.29, 1.82) is 0 Å². The fourth-order valence-corrected chi connectivity index (χ4v) is 1.56. The molecule has 0 atom stereocenters. The average Bonchev–Trinajstić information content (AvgIpc) is 2.33. The van der Waals surface area contributed by atoms with Gasteiger partial charge in [0.2, 0.25) is 0 Å². The van der Waals surface area contributed by atoms with Gasteiger partial charge in [0.05, 0.1) is 5.69 Å². The third-order valence-corrected chi connectivity index (χ3v) is 2.49. The smallest absolute Gasteiger partial charge is 0.276 e. The number of amides is 1. The molecule has 86 valence electrons. The molecular weight excluding hydrogens is 284 g/mol. The van der Waals surface area contributed by atoms with Gasteiger partial charge in [-0.1, -0.05) is 0 Å². The summed E-state index contributed by atoms with van der Waals surface area (Å²) in [4.78, 5) is 19.8. The highest BCUT2D eigenvalue weighted by Gasteiger charge is 2.12. The van der Waals surface area contributed by atoms with Crippen LogP contribution in [0.15, 0.2) is 41.3 Å². The minimum Gasteiger partial charge on any atom is -0.397 e. The number of nitrogen functional groups attached to an aromatic ring is 1. The Labute approximate surface area is 106 Å². The first kappa shape index (κ1) is 11.5. The summed E-state index contributed by atoms with van der Waals surface area (Å²) in [6.45, 7) is 0. The molecule has 0 radical (unpaired) electrons. The highest BCUT2D eigenvalue weighted by atomic mass is 79.9. The Hall–Kier alpha value is -1.95. The normalized spacial score (nSPS) is 9.94. The fraction of sp³-hybridized carbons (Fsp3) is 0. The zero-order valence-corrected chi connectivity index (χ0v) is 10.3. The van der Waals surface area contributed by atoms with Crippen molar-refractivity contribution in [2.24, 2.45) is 0 Å². The van der Waals surface area contributed by atoms with Crippen LogP contribution < -0.4 is 11.1 Å². The first-order chi connectivity index (χ1) is 8.16. The molecule has 0 aliphatic heterocycles. The van der Waals surface area contributed by atoms with Gasteiger partial charge in [-0.2, -0.15) is 0 Å². The van der Waals surface area contributed by atoms with E-state index in [1.807, 2.05) is 0 Å². The molecule has 0 bridgehead atoms. The minimum atomic E-state index is -0.352. The topological polar surface area (TPSA) is 80.9 Å². The summed E-state index contributed by atoms with van der Waals surface area (Å²) in [7, 11) is 0. The van der Waals surface area contributed by atoms with E-state index in [4.69, 9.17) is 5.73 Å². The lowest BCUT2D eigenvalue weighted by Crippen LogP contribution is -2.16. The lowest BCUT2D eigenvalue weighted by atomic mass is 10.3. The van der Waals surface area contributed by atoms with Gasteiger partial charge in [0.15, 0.2) is 5.69 Å². The maximum absolute atomic E-state index is 11.9. The number of carbonyl (C=O) groups is 1. The average molecular weight is 293 g/mol. The van der Waals surface area contributed by atoms with E-state index in [2.05, 4.69) is 31.2 Å². The van der Waals surface area contributed by atoms with Gasteiger partial charge in [-0.15, -0.1) is 0 Å². The molecule has 5 nitrogen and oxygen atoms in total. The number of pyridine rings is 2. The van der Waals surface area contributed by atoms with Crippen LogP contribution in [-0.4, -0.2) is 15.9 Å². The summed E-state index contributed by atoms with van der Waals surface area (Å²) < 4.78 is 0.562. The molecule has 2 aromatic heterocycles. The molecule has 0 fully saturated rings. The molecule has 0 aliphatic rings. The largest absolute Gasteiger partial charge is 0.397 e. The molecule has 0 aromatic carbocycles. The summed E-state index contributed by atoms with van der Waals surface area (Å²) in [6.07, 6.45) is 3.18. The first-order valence-corrected chi connectivity index (χ1v) is 5.59. The van der Waals surface area contributed by atoms with Crippen LogP contribution in [0.2, 0.25) is 0 Å². The summed E-state index contributed by atoms with van der Waals surface area (Å²) in [5.41, 5.74) is 6.86. The zero-order valence-electron chi connectivity index (χ0n) is 8.72. The van der Waals surface area contributed by atoms with E-state index in [0.29, 0.717) is 16.0 Å². The molecule has 0 unspecified atom stereocenters. The predicted octanol–water partition coefficient (Wildman–Crippen LogP) is 2.07. The zero-order chi connectivity index (χ0) is 12.3. The maximum Gasteiger partial charge on any atom is 0.276 e. The second-order valence-electron chi connectivity index (χ2n) is 3.26. The van der Waals surface area contributed by atoms with Crippen LogP contribution in [0.5, 0.6) is 0 Å². The molecular formula is C11H9BrN4O. The van der Waals surface area contributed by atoms with E-state index >= 15 is 0 Å². The maximum atomic E-state index is 11.9. The van der Waals surface area contributed by atoms with E-state index in [0.717, 1.165) is 0 Å². The first-order valence-electron chi connectivity index (χ1n) is 4.80. The Bertz CT molecular complexity index is 544. The number of nitrogens with zero attached hydrogens (tertiary/aromatic N) is 2. The Morgan fingerprint density at radius 1 is 1.24 bits per heavy atom. The Kier molecular flexibility index (Phi) is 3.34. The number of carbonyl (C=O) groups excluding carboxylic acids is 1. The number of nitrogens with two attached hydrogens (primary N) is 1. The summed E-state index contributed by atoms with van der Waals surface area (Å²) >= 11 is 3.19. The minimum absolute atomic E-state index is 0.191. The molecule has 0 saturated carbocycles. The molecule has 6 heteroatoms. The van der Waals surface area contributed by atoms with Crippen molar-refractivity contribution >= 4 is 33.2 Å². The second kappa shape index (κ2) is 4.92. The van der Waals surface area contributed by atoms with Crippen LogP contribution in [0, 0.1) is 0 Å². The summed E-state index contributed by atoms with van der Waals surface area (Å²) in [6, 6.07) is 6.68. The Balaban J connectivity index is 2.23. The molecule has 2 heterocycles. The van der Waals surface area contributed by atoms with Gasteiger partial charge in [0, 0.05) is 18.1 Å². The van der Waals surface area contributed by atoms with Crippen LogP contribution in [0.1, 0.15) is 10.5 Å². The number of halogens is 1. The number of rotatable bonds is 2. The van der Waals surface area contributed by atoms with E-state index in [9.17, 15) is 4.79 Å². The van der Waals surface area contributed by atoms with Crippen molar-refractivity contribution < 1.29 is 4.79 Å². The van der Waals surface area contributed by atoms with Crippen LogP contribution in [-0.2, 0) is 0 Å². The van der Waals surface area contributed by atoms with Gasteiger partial charge >= 0.3 is 0 Å². The van der Waals surface area contributed by atoms with E-state index < -0.39 is 0 Å². The van der Waals surface area contributed by atoms with Crippen LogP contribution in [0.3, 0.4) is 0 Å². The van der Waals surface area contributed by atoms with E-state index in [1.165, 1.54) is 0 Å². The van der Waals surface area contributed by atoms with Crippen molar-refractivity contribution in [3.8, 4) is 0 Å². The van der Waals surface area contributed by atoms with Crippen LogP contribution in [0.4, 0.5) is 11.4 Å². The van der Waals surface area contributed by atoms with Gasteiger partial charge < -0.3 is 11.1 Å². The summed E-state index contributed by atoms with van der Waals surface area (Å²) in [5.74, 6) is -0.352. The van der Waals surface area contributed by atoms with Crippen LogP contribution in [0.25, 0.3) is 0 Å². The van der Waals surface area contributed by atoms with Gasteiger partial charge in [-0.25, -0.2) is 4.98 Å². The standard InChI is InChI=1S/C11H9BrN4O/c12-9-2-1-8(13)10(16-9)11(17)15-7-3-5-14-6-4-7/h1-6H,13H2,(H,14,15,17). The molecule has 17 heavy (non-hydrogen) atoms. The molecule has 3 N–H and O–H groups in total. The van der Waals surface area contributed by atoms with Gasteiger partial charge in [-0.3, -0.25) is 9.78 Å². The third kappa shape index (κ3) is 2.79. The number of nitrogens with one attached hydrogen (secondary N) is 1. The SMILES string of the molecule is Nc1ccc(Br)nc1C(=O)Nc1ccncc1. The predicted molar refractivity (Wildman–Crippen MR) is 68.5 cm³/mol. The highest BCUT2D eigenvalue weighted by molar-refractivity contribution is 9.10. The van der Waals surface area contributed by atoms with E-state index in [1.54, 1.807) is 36.7 Å². The van der Waals surface area contributed by atoms with Gasteiger partial charge in [0.25, 0.3) is 5.91 Å². The number of hydrogen-bond acceptors (Lipinski definition) is 4. The lowest BCUT2D eigenvalue weighted by molar-refractivity contribution is 0.102. The number of anilines is 2. The van der Waals surface area contributed by atoms with Crippen molar-refractivity contribution in [2.45, 2.75) is 0 Å². The van der Waals surface area contributed by atoms with Crippen molar-refractivity contribution in [3.63, 3.8) is 0 Å². The van der Waals surface area contributed by atoms with Crippen LogP contribution >= 0.6 is 15.9 Å². The number of aromatic nitrogens is 2. The van der Waals surface area contributed by atoms with Crippen molar-refractivity contribution in [2.75, 3.05) is 11.1 Å². The molecule has 0 saturated heterocycles. The number of hydrogen-bond donors (Lipinski definition) is 2. The van der Waals surface area contributed by atoms with E-state index in [-0.39, 0.29) is 11.6 Å². The van der Waals surface area contributed by atoms with Crippen molar-refractivity contribution in [3.05, 3.63) is 47.0 Å². The molecule has 2 aromatic rings. The fourth-order valence-electron chi connectivity index (χ4n) is 1.25. The quantitative estimate of drug-likeness (QED) is 0.831. The monoisotopic (exact) mass is 292 g/mol. The highest BCUT2D eigenvalue weighted by Crippen LogP contribution is 2.15. The molecule has 2 rings (SSSR count). The van der Waals surface area contributed by atoms with Gasteiger partial charge in [-0.05, 0) is 40.2 Å². The van der Waals surface area contributed by atoms with Crippen molar-refractivity contribution in [1.82, 2.24) is 9.97 Å².